The minimum atomic E-state index is 0.425. The molecule has 13 heavy (non-hydrogen) atoms. The monoisotopic (exact) mass is 312 g/mol. The first-order chi connectivity index (χ1) is 6.15. The second-order valence-electron chi connectivity index (χ2n) is 2.47. The Morgan fingerprint density at radius 3 is 2.69 bits per heavy atom. The number of hydrogen-bond acceptors (Lipinski definition) is 3. The van der Waals surface area contributed by atoms with Crippen molar-refractivity contribution in [2.24, 2.45) is 0 Å². The van der Waals surface area contributed by atoms with Crippen molar-refractivity contribution in [3.8, 4) is 0 Å². The molecule has 0 fully saturated rings. The molecule has 1 aromatic rings. The molecule has 0 spiro atoms. The van der Waals surface area contributed by atoms with Crippen molar-refractivity contribution >= 4 is 34.2 Å². The second kappa shape index (κ2) is 5.07. The van der Waals surface area contributed by atoms with Crippen LogP contribution in [0.4, 0.5) is 0 Å². The predicted octanol–water partition coefficient (Wildman–Crippen LogP) is 2.58. The van der Waals surface area contributed by atoms with E-state index in [1.54, 1.807) is 0 Å². The van der Waals surface area contributed by atoms with Gasteiger partial charge in [-0.15, -0.1) is 0 Å². The molecule has 0 aliphatic heterocycles. The lowest BCUT2D eigenvalue weighted by molar-refractivity contribution is 0.128. The van der Waals surface area contributed by atoms with Gasteiger partial charge in [0.1, 0.15) is 11.8 Å². The molecule has 3 nitrogen and oxygen atoms in total. The van der Waals surface area contributed by atoms with Crippen LogP contribution < -0.4 is 0 Å². The van der Waals surface area contributed by atoms with Crippen molar-refractivity contribution in [1.29, 1.82) is 0 Å². The van der Waals surface area contributed by atoms with E-state index in [1.807, 2.05) is 13.8 Å². The highest BCUT2D eigenvalue weighted by atomic mass is 127. The Kier molecular flexibility index (Phi) is 4.34. The van der Waals surface area contributed by atoms with Crippen LogP contribution in [0.2, 0.25) is 5.15 Å². The van der Waals surface area contributed by atoms with Gasteiger partial charge in [0.05, 0.1) is 9.26 Å². The summed E-state index contributed by atoms with van der Waals surface area (Å²) in [6.07, 6.45) is 0. The largest absolute Gasteiger partial charge is 0.374 e. The molecule has 0 aliphatic rings. The highest BCUT2D eigenvalue weighted by molar-refractivity contribution is 14.1. The number of halogens is 2. The molecular formula is C8H10ClIN2O. The summed E-state index contributed by atoms with van der Waals surface area (Å²) in [5.74, 6) is 0.643. The maximum atomic E-state index is 5.88. The van der Waals surface area contributed by atoms with Gasteiger partial charge in [0.25, 0.3) is 0 Å². The van der Waals surface area contributed by atoms with E-state index in [4.69, 9.17) is 16.3 Å². The van der Waals surface area contributed by atoms with Gasteiger partial charge in [-0.05, 0) is 36.4 Å². The van der Waals surface area contributed by atoms with Crippen molar-refractivity contribution in [1.82, 2.24) is 9.97 Å². The molecule has 1 rings (SSSR count). The molecule has 72 valence electrons. The van der Waals surface area contributed by atoms with Crippen molar-refractivity contribution in [2.75, 3.05) is 6.61 Å². The van der Waals surface area contributed by atoms with Crippen molar-refractivity contribution in [3.63, 3.8) is 0 Å². The lowest BCUT2D eigenvalue weighted by Crippen LogP contribution is -2.02. The van der Waals surface area contributed by atoms with Crippen LogP contribution in [-0.2, 0) is 11.3 Å². The Morgan fingerprint density at radius 2 is 2.15 bits per heavy atom. The quantitative estimate of drug-likeness (QED) is 0.635. The summed E-state index contributed by atoms with van der Waals surface area (Å²) >= 11 is 8.01. The first-order valence-corrected chi connectivity index (χ1v) is 5.37. The van der Waals surface area contributed by atoms with E-state index >= 15 is 0 Å². The summed E-state index contributed by atoms with van der Waals surface area (Å²) in [7, 11) is 0. The van der Waals surface area contributed by atoms with E-state index in [0.29, 0.717) is 24.2 Å². The van der Waals surface area contributed by atoms with E-state index in [1.165, 1.54) is 0 Å². The Balaban J connectivity index is 2.86. The standard InChI is InChI=1S/C8H10ClIN2O/c1-3-13-4-6-11-5(2)7(10)8(9)12-6/h3-4H2,1-2H3. The molecule has 0 amide bonds. The zero-order chi connectivity index (χ0) is 9.84. The number of aromatic nitrogens is 2. The molecule has 0 saturated carbocycles. The summed E-state index contributed by atoms with van der Waals surface area (Å²) in [4.78, 5) is 8.34. The fraction of sp³-hybridized carbons (Fsp3) is 0.500. The molecule has 0 radical (unpaired) electrons. The minimum absolute atomic E-state index is 0.425. The summed E-state index contributed by atoms with van der Waals surface area (Å²) in [5, 5.41) is 0.503. The summed E-state index contributed by atoms with van der Waals surface area (Å²) in [5.41, 5.74) is 0.898. The lowest BCUT2D eigenvalue weighted by Gasteiger charge is -2.04. The van der Waals surface area contributed by atoms with E-state index in [-0.39, 0.29) is 0 Å². The van der Waals surface area contributed by atoms with Gasteiger partial charge in [-0.2, -0.15) is 0 Å². The topological polar surface area (TPSA) is 35.0 Å². The molecule has 1 aromatic heterocycles. The highest BCUT2D eigenvalue weighted by Crippen LogP contribution is 2.18. The van der Waals surface area contributed by atoms with Gasteiger partial charge in [-0.1, -0.05) is 11.6 Å². The van der Waals surface area contributed by atoms with Crippen LogP contribution >= 0.6 is 34.2 Å². The molecule has 5 heteroatoms. The average molecular weight is 313 g/mol. The van der Waals surface area contributed by atoms with E-state index in [9.17, 15) is 0 Å². The molecule has 1 heterocycles. The van der Waals surface area contributed by atoms with E-state index < -0.39 is 0 Å². The molecular weight excluding hydrogens is 302 g/mol. The van der Waals surface area contributed by atoms with E-state index in [0.717, 1.165) is 9.26 Å². The number of rotatable bonds is 3. The highest BCUT2D eigenvalue weighted by Gasteiger charge is 2.06. The second-order valence-corrected chi connectivity index (χ2v) is 3.90. The third-order valence-electron chi connectivity index (χ3n) is 1.46. The number of aryl methyl sites for hydroxylation is 1. The predicted molar refractivity (Wildman–Crippen MR) is 59.8 cm³/mol. The first-order valence-electron chi connectivity index (χ1n) is 3.91. The normalized spacial score (nSPS) is 10.5. The van der Waals surface area contributed by atoms with Crippen LogP contribution in [-0.4, -0.2) is 16.6 Å². The molecule has 0 N–H and O–H groups in total. The Morgan fingerprint density at radius 1 is 1.46 bits per heavy atom. The molecule has 0 aliphatic carbocycles. The fourth-order valence-electron chi connectivity index (χ4n) is 0.837. The van der Waals surface area contributed by atoms with E-state index in [2.05, 4.69) is 32.6 Å². The van der Waals surface area contributed by atoms with Crippen LogP contribution in [0.15, 0.2) is 0 Å². The van der Waals surface area contributed by atoms with Gasteiger partial charge in [0, 0.05) is 6.61 Å². The smallest absolute Gasteiger partial charge is 0.156 e. The SMILES string of the molecule is CCOCc1nc(C)c(I)c(Cl)n1. The number of hydrogen-bond donors (Lipinski definition) is 0. The molecule has 0 unspecified atom stereocenters. The van der Waals surface area contributed by atoms with Gasteiger partial charge >= 0.3 is 0 Å². The van der Waals surface area contributed by atoms with Crippen LogP contribution in [0, 0.1) is 10.5 Å². The molecule has 0 atom stereocenters. The van der Waals surface area contributed by atoms with Crippen LogP contribution in [0.25, 0.3) is 0 Å². The third kappa shape index (κ3) is 3.03. The van der Waals surface area contributed by atoms with Crippen LogP contribution in [0.3, 0.4) is 0 Å². The van der Waals surface area contributed by atoms with Crippen LogP contribution in [0.1, 0.15) is 18.4 Å². The number of nitrogens with zero attached hydrogens (tertiary/aromatic N) is 2. The van der Waals surface area contributed by atoms with Crippen LogP contribution in [0.5, 0.6) is 0 Å². The molecule has 0 bridgehead atoms. The molecule has 0 saturated heterocycles. The Labute approximate surface area is 96.0 Å². The van der Waals surface area contributed by atoms with Crippen molar-refractivity contribution in [2.45, 2.75) is 20.5 Å². The fourth-order valence-corrected chi connectivity index (χ4v) is 1.31. The Hall–Kier alpha value is 0.0600. The zero-order valence-corrected chi connectivity index (χ0v) is 10.4. The van der Waals surface area contributed by atoms with Gasteiger partial charge in [0.15, 0.2) is 5.82 Å². The summed E-state index contributed by atoms with van der Waals surface area (Å²) in [6.45, 7) is 4.92. The summed E-state index contributed by atoms with van der Waals surface area (Å²) < 4.78 is 6.09. The van der Waals surface area contributed by atoms with Gasteiger partial charge in [-0.3, -0.25) is 0 Å². The zero-order valence-electron chi connectivity index (χ0n) is 7.47. The minimum Gasteiger partial charge on any atom is -0.374 e. The third-order valence-corrected chi connectivity index (χ3v) is 3.34. The maximum absolute atomic E-state index is 5.88. The number of ether oxygens (including phenoxy) is 1. The summed E-state index contributed by atoms with van der Waals surface area (Å²) in [6, 6.07) is 0. The Bertz CT molecular complexity index is 283. The van der Waals surface area contributed by atoms with Crippen molar-refractivity contribution < 1.29 is 4.74 Å². The average Bonchev–Trinajstić information content (AvgIpc) is 2.10. The lowest BCUT2D eigenvalue weighted by atomic mass is 10.4. The first kappa shape index (κ1) is 11.1. The van der Waals surface area contributed by atoms with Gasteiger partial charge in [-0.25, -0.2) is 9.97 Å². The maximum Gasteiger partial charge on any atom is 0.156 e. The van der Waals surface area contributed by atoms with Gasteiger partial charge in [0.2, 0.25) is 0 Å². The molecule has 0 aromatic carbocycles. The van der Waals surface area contributed by atoms with Gasteiger partial charge < -0.3 is 4.74 Å². The van der Waals surface area contributed by atoms with Crippen molar-refractivity contribution in [3.05, 3.63) is 20.2 Å².